The molecule has 1 unspecified atom stereocenters. The van der Waals surface area contributed by atoms with Crippen LogP contribution < -0.4 is 0 Å². The van der Waals surface area contributed by atoms with E-state index in [2.05, 4.69) is 33.9 Å². The quantitative estimate of drug-likeness (QED) is 0.629. The molecular formula is C16H22O. The Morgan fingerprint density at radius 2 is 2.12 bits per heavy atom. The van der Waals surface area contributed by atoms with Gasteiger partial charge in [0, 0.05) is 11.3 Å². The van der Waals surface area contributed by atoms with Gasteiger partial charge in [0.05, 0.1) is 0 Å². The smallest absolute Gasteiger partial charge is 0.143 e. The van der Waals surface area contributed by atoms with Gasteiger partial charge in [0.25, 0.3) is 0 Å². The molecule has 0 heterocycles. The zero-order chi connectivity index (χ0) is 12.5. The second kappa shape index (κ2) is 3.13. The molecule has 0 aliphatic heterocycles. The van der Waals surface area contributed by atoms with Crippen molar-refractivity contribution < 1.29 is 4.79 Å². The molecule has 6 atom stereocenters. The average molecular weight is 230 g/mol. The van der Waals surface area contributed by atoms with E-state index < -0.39 is 0 Å². The van der Waals surface area contributed by atoms with Crippen LogP contribution in [-0.4, -0.2) is 5.78 Å². The largest absolute Gasteiger partial charge is 0.299 e. The first-order valence-electron chi connectivity index (χ1n) is 6.75. The summed E-state index contributed by atoms with van der Waals surface area (Å²) in [5.74, 6) is 2.80. The van der Waals surface area contributed by atoms with Gasteiger partial charge in [-0.05, 0) is 43.4 Å². The van der Waals surface area contributed by atoms with Crippen molar-refractivity contribution in [1.29, 1.82) is 0 Å². The van der Waals surface area contributed by atoms with Gasteiger partial charge in [-0.2, -0.15) is 0 Å². The third kappa shape index (κ3) is 1.13. The fraction of sp³-hybridized carbons (Fsp3) is 0.688. The lowest BCUT2D eigenvalue weighted by Gasteiger charge is -2.37. The summed E-state index contributed by atoms with van der Waals surface area (Å²) in [6, 6.07) is 0. The summed E-state index contributed by atoms with van der Waals surface area (Å²) in [6.07, 6.45) is 2.06. The van der Waals surface area contributed by atoms with E-state index in [1.807, 2.05) is 0 Å². The van der Waals surface area contributed by atoms with Crippen LogP contribution in [0.25, 0.3) is 0 Å². The molecule has 4 bridgehead atoms. The molecule has 92 valence electrons. The molecule has 0 N–H and O–H groups in total. The second-order valence-corrected chi connectivity index (χ2v) is 6.86. The van der Waals surface area contributed by atoms with Crippen LogP contribution in [0.3, 0.4) is 0 Å². The third-order valence-corrected chi connectivity index (χ3v) is 5.73. The summed E-state index contributed by atoms with van der Waals surface area (Å²) < 4.78 is 0. The maximum absolute atomic E-state index is 12.6. The molecule has 17 heavy (non-hydrogen) atoms. The van der Waals surface area contributed by atoms with Gasteiger partial charge >= 0.3 is 0 Å². The van der Waals surface area contributed by atoms with Crippen molar-refractivity contribution in [3.8, 4) is 0 Å². The van der Waals surface area contributed by atoms with Crippen molar-refractivity contribution >= 4 is 5.78 Å². The molecule has 3 rings (SSSR count). The highest BCUT2D eigenvalue weighted by Gasteiger charge is 2.68. The number of hydrogen-bond donors (Lipinski definition) is 0. The van der Waals surface area contributed by atoms with Crippen molar-refractivity contribution in [2.45, 2.75) is 33.6 Å². The number of Topliss-reactive ketones (excluding diaryl/α,β-unsaturated/α-hetero) is 1. The summed E-state index contributed by atoms with van der Waals surface area (Å²) in [4.78, 5) is 12.6. The number of allylic oxidation sites excluding steroid dienone is 2. The van der Waals surface area contributed by atoms with Crippen LogP contribution in [0.1, 0.15) is 33.6 Å². The predicted octanol–water partition coefficient (Wildman–Crippen LogP) is 3.62. The lowest BCUT2D eigenvalue weighted by molar-refractivity contribution is -0.132. The minimum Gasteiger partial charge on any atom is -0.299 e. The zero-order valence-electron chi connectivity index (χ0n) is 11.1. The Hall–Kier alpha value is -0.850. The van der Waals surface area contributed by atoms with Crippen molar-refractivity contribution in [2.24, 2.45) is 35.0 Å². The van der Waals surface area contributed by atoms with E-state index in [9.17, 15) is 4.79 Å². The molecule has 1 heteroatoms. The fourth-order valence-corrected chi connectivity index (χ4v) is 5.17. The highest BCUT2D eigenvalue weighted by atomic mass is 16.1. The maximum atomic E-state index is 12.6. The highest BCUT2D eigenvalue weighted by molar-refractivity contribution is 5.92. The van der Waals surface area contributed by atoms with Crippen molar-refractivity contribution in [3.63, 3.8) is 0 Å². The zero-order valence-corrected chi connectivity index (χ0v) is 11.1. The maximum Gasteiger partial charge on any atom is 0.143 e. The molecule has 0 aromatic carbocycles. The van der Waals surface area contributed by atoms with E-state index in [0.29, 0.717) is 29.5 Å². The van der Waals surface area contributed by atoms with Crippen molar-refractivity contribution in [1.82, 2.24) is 0 Å². The Kier molecular flexibility index (Phi) is 2.07. The number of rotatable bonds is 1. The Bertz CT molecular complexity index is 433. The monoisotopic (exact) mass is 230 g/mol. The molecule has 3 aliphatic rings. The van der Waals surface area contributed by atoms with Gasteiger partial charge in [0.15, 0.2) is 0 Å². The standard InChI is InChI=1S/C16H22O/c1-8(2)11-7-16(5)14-10(4)6-9(3)12(13(11)14)15(16)17/h9,11-14H,1,4,6-7H2,2-3,5H3/t9-,11?,12-,13-,14+,16-/m0/s1. The van der Waals surface area contributed by atoms with Gasteiger partial charge in [-0.25, -0.2) is 0 Å². The molecule has 0 aromatic heterocycles. The van der Waals surface area contributed by atoms with E-state index in [4.69, 9.17) is 0 Å². The van der Waals surface area contributed by atoms with Gasteiger partial charge < -0.3 is 0 Å². The fourth-order valence-electron chi connectivity index (χ4n) is 5.17. The Morgan fingerprint density at radius 1 is 1.47 bits per heavy atom. The molecular weight excluding hydrogens is 208 g/mol. The van der Waals surface area contributed by atoms with Crippen LogP contribution in [0.2, 0.25) is 0 Å². The molecule has 0 saturated heterocycles. The van der Waals surface area contributed by atoms with Crippen LogP contribution in [0, 0.1) is 35.0 Å². The normalized spacial score (nSPS) is 52.1. The Morgan fingerprint density at radius 3 is 2.71 bits per heavy atom. The molecule has 1 nitrogen and oxygen atoms in total. The summed E-state index contributed by atoms with van der Waals surface area (Å²) in [6.45, 7) is 15.0. The summed E-state index contributed by atoms with van der Waals surface area (Å²) in [7, 11) is 0. The Balaban J connectivity index is 2.13. The van der Waals surface area contributed by atoms with E-state index >= 15 is 0 Å². The second-order valence-electron chi connectivity index (χ2n) is 6.86. The molecule has 3 saturated carbocycles. The predicted molar refractivity (Wildman–Crippen MR) is 69.4 cm³/mol. The average Bonchev–Trinajstić information content (AvgIpc) is 2.61. The van der Waals surface area contributed by atoms with Gasteiger partial charge in [-0.15, -0.1) is 0 Å². The Labute approximate surface area is 104 Å². The first-order chi connectivity index (χ1) is 7.88. The minimum atomic E-state index is -0.124. The first-order valence-corrected chi connectivity index (χ1v) is 6.75. The molecule has 3 aliphatic carbocycles. The lowest BCUT2D eigenvalue weighted by atomic mass is 9.66. The minimum absolute atomic E-state index is 0.124. The van der Waals surface area contributed by atoms with Gasteiger partial charge in [0.2, 0.25) is 0 Å². The highest BCUT2D eigenvalue weighted by Crippen LogP contribution is 2.69. The van der Waals surface area contributed by atoms with Crippen molar-refractivity contribution in [3.05, 3.63) is 24.3 Å². The number of carbonyl (C=O) groups excluding carboxylic acids is 1. The van der Waals surface area contributed by atoms with Crippen LogP contribution in [-0.2, 0) is 4.79 Å². The third-order valence-electron chi connectivity index (χ3n) is 5.73. The summed E-state index contributed by atoms with van der Waals surface area (Å²) in [5, 5.41) is 0. The van der Waals surface area contributed by atoms with E-state index in [1.54, 1.807) is 0 Å². The SMILES string of the molecule is C=C(C)C1C[C@]2(C)C(=O)[C@@H]3[C@H]1[C@H]2C(=C)C[C@@H]3C. The van der Waals surface area contributed by atoms with Crippen LogP contribution in [0.15, 0.2) is 24.3 Å². The van der Waals surface area contributed by atoms with E-state index in [1.165, 1.54) is 11.1 Å². The van der Waals surface area contributed by atoms with Gasteiger partial charge in [0.1, 0.15) is 5.78 Å². The topological polar surface area (TPSA) is 17.1 Å². The van der Waals surface area contributed by atoms with Crippen molar-refractivity contribution in [2.75, 3.05) is 0 Å². The van der Waals surface area contributed by atoms with Gasteiger partial charge in [-0.3, -0.25) is 4.79 Å². The summed E-state index contributed by atoms with van der Waals surface area (Å²) in [5.41, 5.74) is 2.47. The molecule has 0 spiro atoms. The lowest BCUT2D eigenvalue weighted by Crippen LogP contribution is -2.37. The van der Waals surface area contributed by atoms with Crippen LogP contribution >= 0.6 is 0 Å². The number of ketones is 1. The van der Waals surface area contributed by atoms with Crippen LogP contribution in [0.5, 0.6) is 0 Å². The number of hydrogen-bond acceptors (Lipinski definition) is 1. The molecule has 3 fully saturated rings. The molecule has 0 amide bonds. The number of carbonyl (C=O) groups is 1. The summed E-state index contributed by atoms with van der Waals surface area (Å²) >= 11 is 0. The van der Waals surface area contributed by atoms with E-state index in [0.717, 1.165) is 12.8 Å². The van der Waals surface area contributed by atoms with Crippen LogP contribution in [0.4, 0.5) is 0 Å². The molecule has 0 aromatic rings. The van der Waals surface area contributed by atoms with Gasteiger partial charge in [-0.1, -0.05) is 38.2 Å². The van der Waals surface area contributed by atoms with E-state index in [-0.39, 0.29) is 11.3 Å². The molecule has 0 radical (unpaired) electrons. The first kappa shape index (κ1) is 11.3.